The molecule has 2 N–H and O–H groups in total. The maximum absolute atomic E-state index is 12.0. The Morgan fingerprint density at radius 2 is 1.90 bits per heavy atom. The molecule has 0 spiro atoms. The van der Waals surface area contributed by atoms with E-state index in [1.54, 1.807) is 19.2 Å². The number of aliphatic hydroxyl groups is 1. The Bertz CT molecular complexity index is 598. The Labute approximate surface area is 127 Å². The molecule has 0 aliphatic heterocycles. The highest BCUT2D eigenvalue weighted by atomic mass is 32.2. The van der Waals surface area contributed by atoms with Gasteiger partial charge in [0.25, 0.3) is 10.2 Å². The number of aliphatic hydroxyl groups excluding tert-OH is 1. The van der Waals surface area contributed by atoms with Gasteiger partial charge in [-0.05, 0) is 23.6 Å². The van der Waals surface area contributed by atoms with E-state index in [2.05, 4.69) is 16.6 Å². The maximum atomic E-state index is 12.0. The Morgan fingerprint density at radius 3 is 2.43 bits per heavy atom. The standard InChI is InChI=1S/C15H22N2O3S/c1-13(2)11-16-21(19,20)17(3)12-15-8-6-14(7-9-15)5-4-10-18/h6-9,13,16,18H,10-12H2,1-3H3. The highest BCUT2D eigenvalue weighted by Gasteiger charge is 2.17. The van der Waals surface area contributed by atoms with E-state index < -0.39 is 10.2 Å². The molecule has 0 aliphatic rings. The maximum Gasteiger partial charge on any atom is 0.279 e. The average Bonchev–Trinajstić information content (AvgIpc) is 2.44. The largest absolute Gasteiger partial charge is 0.384 e. The van der Waals surface area contributed by atoms with Gasteiger partial charge in [-0.1, -0.05) is 37.8 Å². The molecule has 0 atom stereocenters. The van der Waals surface area contributed by atoms with Gasteiger partial charge in [-0.2, -0.15) is 12.7 Å². The molecule has 21 heavy (non-hydrogen) atoms. The van der Waals surface area contributed by atoms with Crippen molar-refractivity contribution in [2.75, 3.05) is 20.2 Å². The quantitative estimate of drug-likeness (QED) is 0.769. The lowest BCUT2D eigenvalue weighted by Crippen LogP contribution is -2.39. The molecule has 0 saturated heterocycles. The summed E-state index contributed by atoms with van der Waals surface area (Å²) >= 11 is 0. The first kappa shape index (κ1) is 17.7. The second-order valence-electron chi connectivity index (χ2n) is 5.16. The van der Waals surface area contributed by atoms with Crippen LogP contribution in [-0.4, -0.2) is 38.0 Å². The summed E-state index contributed by atoms with van der Waals surface area (Å²) in [6.07, 6.45) is 0. The molecule has 0 radical (unpaired) electrons. The van der Waals surface area contributed by atoms with Gasteiger partial charge in [0.2, 0.25) is 0 Å². The number of hydrogen-bond donors (Lipinski definition) is 2. The van der Waals surface area contributed by atoms with Crippen LogP contribution in [0, 0.1) is 17.8 Å². The summed E-state index contributed by atoms with van der Waals surface area (Å²) < 4.78 is 27.9. The molecular weight excluding hydrogens is 288 g/mol. The highest BCUT2D eigenvalue weighted by Crippen LogP contribution is 2.08. The zero-order valence-electron chi connectivity index (χ0n) is 12.6. The van der Waals surface area contributed by atoms with Gasteiger partial charge in [-0.3, -0.25) is 0 Å². The van der Waals surface area contributed by atoms with Gasteiger partial charge in [0.05, 0.1) is 0 Å². The molecule has 1 rings (SSSR count). The van der Waals surface area contributed by atoms with E-state index in [9.17, 15) is 8.42 Å². The van der Waals surface area contributed by atoms with E-state index >= 15 is 0 Å². The van der Waals surface area contributed by atoms with Crippen molar-refractivity contribution in [3.8, 4) is 11.8 Å². The van der Waals surface area contributed by atoms with Gasteiger partial charge in [0.15, 0.2) is 0 Å². The monoisotopic (exact) mass is 310 g/mol. The second-order valence-corrected chi connectivity index (χ2v) is 7.02. The van der Waals surface area contributed by atoms with E-state index in [1.165, 1.54) is 4.31 Å². The molecule has 0 bridgehead atoms. The first-order valence-electron chi connectivity index (χ1n) is 6.74. The third-order valence-corrected chi connectivity index (χ3v) is 4.24. The fourth-order valence-electron chi connectivity index (χ4n) is 1.56. The molecule has 0 saturated carbocycles. The molecular formula is C15H22N2O3S. The summed E-state index contributed by atoms with van der Waals surface area (Å²) in [4.78, 5) is 0. The molecule has 0 aromatic heterocycles. The van der Waals surface area contributed by atoms with Crippen LogP contribution in [0.15, 0.2) is 24.3 Å². The van der Waals surface area contributed by atoms with E-state index in [-0.39, 0.29) is 12.5 Å². The Kier molecular flexibility index (Phi) is 6.85. The summed E-state index contributed by atoms with van der Waals surface area (Å²) in [6.45, 7) is 4.44. The van der Waals surface area contributed by atoms with E-state index in [4.69, 9.17) is 5.11 Å². The summed E-state index contributed by atoms with van der Waals surface area (Å²) in [7, 11) is -1.91. The fraction of sp³-hybridized carbons (Fsp3) is 0.467. The van der Waals surface area contributed by atoms with Crippen molar-refractivity contribution >= 4 is 10.2 Å². The van der Waals surface area contributed by atoms with Crippen LogP contribution >= 0.6 is 0 Å². The first-order chi connectivity index (χ1) is 9.85. The van der Waals surface area contributed by atoms with Gasteiger partial charge >= 0.3 is 0 Å². The smallest absolute Gasteiger partial charge is 0.279 e. The van der Waals surface area contributed by atoms with E-state index in [0.717, 1.165) is 11.1 Å². The van der Waals surface area contributed by atoms with Crippen LogP contribution < -0.4 is 4.72 Å². The summed E-state index contributed by atoms with van der Waals surface area (Å²) in [5.41, 5.74) is 1.67. The molecule has 0 heterocycles. The number of rotatable bonds is 6. The van der Waals surface area contributed by atoms with Crippen LogP contribution in [-0.2, 0) is 16.8 Å². The third-order valence-electron chi connectivity index (χ3n) is 2.76. The molecule has 0 unspecified atom stereocenters. The summed E-state index contributed by atoms with van der Waals surface area (Å²) in [5, 5.41) is 8.63. The Morgan fingerprint density at radius 1 is 1.29 bits per heavy atom. The van der Waals surface area contributed by atoms with Crippen LogP contribution in [0.3, 0.4) is 0 Å². The minimum absolute atomic E-state index is 0.176. The van der Waals surface area contributed by atoms with Crippen LogP contribution in [0.2, 0.25) is 0 Å². The summed E-state index contributed by atoms with van der Waals surface area (Å²) in [5.74, 6) is 5.62. The third kappa shape index (κ3) is 6.27. The summed E-state index contributed by atoms with van der Waals surface area (Å²) in [6, 6.07) is 7.27. The minimum atomic E-state index is -3.46. The Balaban J connectivity index is 2.67. The van der Waals surface area contributed by atoms with Crippen LogP contribution in [0.1, 0.15) is 25.0 Å². The topological polar surface area (TPSA) is 69.6 Å². The molecule has 0 fully saturated rings. The van der Waals surface area contributed by atoms with Crippen LogP contribution in [0.25, 0.3) is 0 Å². The van der Waals surface area contributed by atoms with Crippen molar-refractivity contribution in [2.24, 2.45) is 5.92 Å². The van der Waals surface area contributed by atoms with Crippen molar-refractivity contribution in [1.29, 1.82) is 0 Å². The van der Waals surface area contributed by atoms with Crippen molar-refractivity contribution in [1.82, 2.24) is 9.03 Å². The SMILES string of the molecule is CC(C)CNS(=O)(=O)N(C)Cc1ccc(C#CCO)cc1. The number of nitrogens with one attached hydrogen (secondary N) is 1. The van der Waals surface area contributed by atoms with Gasteiger partial charge in [-0.25, -0.2) is 4.72 Å². The van der Waals surface area contributed by atoms with E-state index in [0.29, 0.717) is 13.1 Å². The number of hydrogen-bond acceptors (Lipinski definition) is 3. The predicted molar refractivity (Wildman–Crippen MR) is 83.6 cm³/mol. The zero-order valence-corrected chi connectivity index (χ0v) is 13.4. The van der Waals surface area contributed by atoms with Gasteiger partial charge in [0, 0.05) is 25.7 Å². The van der Waals surface area contributed by atoms with Crippen LogP contribution in [0.4, 0.5) is 0 Å². The average molecular weight is 310 g/mol. The molecule has 1 aromatic rings. The van der Waals surface area contributed by atoms with Gasteiger partial charge < -0.3 is 5.11 Å². The van der Waals surface area contributed by atoms with Gasteiger partial charge in [-0.15, -0.1) is 0 Å². The van der Waals surface area contributed by atoms with Crippen molar-refractivity contribution in [3.05, 3.63) is 35.4 Å². The van der Waals surface area contributed by atoms with Crippen LogP contribution in [0.5, 0.6) is 0 Å². The lowest BCUT2D eigenvalue weighted by atomic mass is 10.1. The first-order valence-corrected chi connectivity index (χ1v) is 8.18. The minimum Gasteiger partial charge on any atom is -0.384 e. The molecule has 5 nitrogen and oxygen atoms in total. The van der Waals surface area contributed by atoms with Crippen molar-refractivity contribution in [3.63, 3.8) is 0 Å². The fourth-order valence-corrected chi connectivity index (χ4v) is 2.64. The molecule has 116 valence electrons. The predicted octanol–water partition coefficient (Wildman–Crippen LogP) is 0.953. The molecule has 0 aliphatic carbocycles. The number of nitrogens with zero attached hydrogens (tertiary/aromatic N) is 1. The Hall–Kier alpha value is -1.39. The van der Waals surface area contributed by atoms with Crippen molar-refractivity contribution < 1.29 is 13.5 Å². The molecule has 1 aromatic carbocycles. The second kappa shape index (κ2) is 8.15. The zero-order chi connectivity index (χ0) is 15.9. The van der Waals surface area contributed by atoms with E-state index in [1.807, 2.05) is 26.0 Å². The van der Waals surface area contributed by atoms with Crippen molar-refractivity contribution in [2.45, 2.75) is 20.4 Å². The van der Waals surface area contributed by atoms with Gasteiger partial charge in [0.1, 0.15) is 6.61 Å². The lowest BCUT2D eigenvalue weighted by molar-refractivity contribution is 0.350. The highest BCUT2D eigenvalue weighted by molar-refractivity contribution is 7.87. The molecule has 6 heteroatoms. The lowest BCUT2D eigenvalue weighted by Gasteiger charge is -2.18. The number of benzene rings is 1. The normalized spacial score (nSPS) is 11.5. The molecule has 0 amide bonds.